The minimum atomic E-state index is 0.829. The third kappa shape index (κ3) is 83.4. The van der Waals surface area contributed by atoms with E-state index in [-0.39, 0.29) is 0 Å². The predicted octanol–water partition coefficient (Wildman–Crippen LogP) is 24.2. The second-order valence-electron chi connectivity index (χ2n) is 18.8. The molecule has 10 heterocycles. The zero-order valence-electron chi connectivity index (χ0n) is 71.1. The molecule has 0 saturated heterocycles. The quantitative estimate of drug-likeness (QED) is 0.139. The van der Waals surface area contributed by atoms with Crippen LogP contribution in [0.15, 0.2) is 153 Å². The van der Waals surface area contributed by atoms with Gasteiger partial charge >= 0.3 is 0 Å². The highest BCUT2D eigenvalue weighted by atomic mass is 14.9. The molecule has 0 aliphatic rings. The van der Waals surface area contributed by atoms with Gasteiger partial charge in [0.2, 0.25) is 0 Å². The van der Waals surface area contributed by atoms with E-state index in [2.05, 4.69) is 113 Å². The van der Waals surface area contributed by atoms with Crippen molar-refractivity contribution in [2.75, 3.05) is 0 Å². The molecule has 0 spiro atoms. The van der Waals surface area contributed by atoms with Crippen LogP contribution in [0.1, 0.15) is 252 Å². The standard InChI is InChI=1S/5C7H9N.5C6H8N2.10C2H6/c1-6-3-7(2)5-8-4-6;2*1-6-3-4-8-7(2)5-6;1-6-3-4-7(2)8-5-6;1-6-4-3-5-7(2)8-6;2*1-5-3-8-6(2)4-7-5;2*1-5-3-7-6(2)8-4-5;1-5-3-4-7-6(2)8-5;10*1-2/h5*3-5H,1-2H3;5*3-4H,1-2H3;10*1-2H3. The predicted molar refractivity (Wildman–Crippen MR) is 440 cm³/mol. The molecular weight excluding hydrogens is 1230 g/mol. The van der Waals surface area contributed by atoms with Crippen molar-refractivity contribution in [2.24, 2.45) is 0 Å². The number of aryl methyl sites for hydroxylation is 20. The first kappa shape index (κ1) is 112. The Morgan fingerprint density at radius 3 is 0.640 bits per heavy atom. The minimum absolute atomic E-state index is 0.829. The largest absolute Gasteiger partial charge is 0.264 e. The molecule has 0 radical (unpaired) electrons. The van der Waals surface area contributed by atoms with E-state index in [4.69, 9.17) is 0 Å². The molecule has 0 aromatic carbocycles. The highest BCUT2D eigenvalue weighted by molar-refractivity contribution is 5.16. The molecule has 10 rings (SSSR count). The Morgan fingerprint density at radius 2 is 0.460 bits per heavy atom. The summed E-state index contributed by atoms with van der Waals surface area (Å²) < 4.78 is 0. The van der Waals surface area contributed by atoms with Crippen LogP contribution in [0.5, 0.6) is 0 Å². The van der Waals surface area contributed by atoms with Crippen molar-refractivity contribution in [3.05, 3.63) is 267 Å². The maximum atomic E-state index is 4.17. The van der Waals surface area contributed by atoms with Gasteiger partial charge in [-0.2, -0.15) is 0 Å². The first-order valence-electron chi connectivity index (χ1n) is 36.1. The fraction of sp³-hybridized carbons (Fsp3) is 0.471. The Balaban J connectivity index is -0.000000109. The summed E-state index contributed by atoms with van der Waals surface area (Å²) in [6.07, 6.45) is 25.3. The molecule has 10 aromatic rings. The first-order chi connectivity index (χ1) is 47.9. The van der Waals surface area contributed by atoms with E-state index in [1.807, 2.05) is 361 Å². The number of nitrogens with zero attached hydrogens (tertiary/aromatic N) is 15. The monoisotopic (exact) mass is 1380 g/mol. The molecular formula is C85H145N15. The summed E-state index contributed by atoms with van der Waals surface area (Å²) in [4.78, 5) is 60.2. The minimum Gasteiger partial charge on any atom is -0.264 e. The summed E-state index contributed by atoms with van der Waals surface area (Å²) in [5.74, 6) is 2.50. The fourth-order valence-electron chi connectivity index (χ4n) is 5.70. The van der Waals surface area contributed by atoms with E-state index in [0.29, 0.717) is 0 Å². The number of rotatable bonds is 0. The zero-order chi connectivity index (χ0) is 79.8. The third-order valence-corrected chi connectivity index (χ3v) is 9.76. The SMILES string of the molecule is CC.CC.CC.CC.CC.CC.CC.CC.CC.CC.Cc1ccc(C)nc1.Cc1cccc(C)n1.Cc1ccnc(C)c1.Cc1ccnc(C)c1.Cc1ccnc(C)n1.Cc1cnc(C)cn1.Cc1cnc(C)cn1.Cc1cnc(C)nc1.Cc1cnc(C)nc1.Cc1cncc(C)c1. The maximum Gasteiger partial charge on any atom is 0.125 e. The van der Waals surface area contributed by atoms with Crippen LogP contribution in [0, 0.1) is 138 Å². The van der Waals surface area contributed by atoms with Crippen LogP contribution in [0.2, 0.25) is 0 Å². The highest BCUT2D eigenvalue weighted by Crippen LogP contribution is 2.00. The Hall–Kier alpha value is -8.85. The zero-order valence-corrected chi connectivity index (χ0v) is 71.1. The van der Waals surface area contributed by atoms with Crippen LogP contribution < -0.4 is 0 Å². The third-order valence-electron chi connectivity index (χ3n) is 9.76. The van der Waals surface area contributed by atoms with Crippen LogP contribution in [0.3, 0.4) is 0 Å². The number of aromatic nitrogens is 15. The lowest BCUT2D eigenvalue weighted by Crippen LogP contribution is -1.86. The molecule has 10 aromatic heterocycles. The van der Waals surface area contributed by atoms with Crippen molar-refractivity contribution >= 4 is 0 Å². The van der Waals surface area contributed by atoms with Gasteiger partial charge in [0.05, 0.1) is 22.8 Å². The Morgan fingerprint density at radius 1 is 0.170 bits per heavy atom. The Bertz CT molecular complexity index is 2490. The molecule has 0 fully saturated rings. The summed E-state index contributed by atoms with van der Waals surface area (Å²) >= 11 is 0. The summed E-state index contributed by atoms with van der Waals surface area (Å²) in [6, 6.07) is 22.1. The summed E-state index contributed by atoms with van der Waals surface area (Å²) in [6.45, 7) is 79.4. The summed E-state index contributed by atoms with van der Waals surface area (Å²) in [5.41, 5.74) is 18.8. The van der Waals surface area contributed by atoms with Gasteiger partial charge in [-0.15, -0.1) is 0 Å². The number of hydrogen-bond acceptors (Lipinski definition) is 15. The molecule has 0 bridgehead atoms. The lowest BCUT2D eigenvalue weighted by Gasteiger charge is -1.90. The van der Waals surface area contributed by atoms with Crippen LogP contribution in [-0.2, 0) is 0 Å². The van der Waals surface area contributed by atoms with Crippen molar-refractivity contribution in [3.8, 4) is 0 Å². The van der Waals surface area contributed by atoms with Crippen LogP contribution in [0.4, 0.5) is 0 Å². The molecule has 0 unspecified atom stereocenters. The molecule has 0 N–H and O–H groups in total. The molecule has 0 saturated carbocycles. The van der Waals surface area contributed by atoms with Gasteiger partial charge in [-0.3, -0.25) is 44.9 Å². The highest BCUT2D eigenvalue weighted by Gasteiger charge is 1.89. The molecule has 0 aliphatic heterocycles. The van der Waals surface area contributed by atoms with E-state index >= 15 is 0 Å². The Labute approximate surface area is 615 Å². The van der Waals surface area contributed by atoms with Gasteiger partial charge in [-0.05, 0) is 226 Å². The van der Waals surface area contributed by atoms with Gasteiger partial charge in [0.1, 0.15) is 17.5 Å². The average molecular weight is 1380 g/mol. The van der Waals surface area contributed by atoms with Crippen LogP contribution in [-0.4, -0.2) is 74.8 Å². The topological polar surface area (TPSA) is 193 Å². The second-order valence-corrected chi connectivity index (χ2v) is 18.8. The van der Waals surface area contributed by atoms with E-state index in [9.17, 15) is 0 Å². The molecule has 15 heteroatoms. The molecule has 15 nitrogen and oxygen atoms in total. The summed E-state index contributed by atoms with van der Waals surface area (Å²) in [5, 5.41) is 0. The van der Waals surface area contributed by atoms with E-state index < -0.39 is 0 Å². The van der Waals surface area contributed by atoms with Crippen LogP contribution >= 0.6 is 0 Å². The van der Waals surface area contributed by atoms with Crippen molar-refractivity contribution in [2.45, 2.75) is 277 Å². The van der Waals surface area contributed by atoms with Crippen molar-refractivity contribution in [3.63, 3.8) is 0 Å². The number of pyridine rings is 5. The van der Waals surface area contributed by atoms with Crippen LogP contribution in [0.25, 0.3) is 0 Å². The van der Waals surface area contributed by atoms with E-state index in [0.717, 1.165) is 85.5 Å². The lowest BCUT2D eigenvalue weighted by atomic mass is 10.2. The van der Waals surface area contributed by atoms with Crippen molar-refractivity contribution in [1.82, 2.24) is 74.8 Å². The Kier molecular flexibility index (Phi) is 97.0. The smallest absolute Gasteiger partial charge is 0.125 e. The number of hydrogen-bond donors (Lipinski definition) is 0. The normalized spacial score (nSPS) is 8.00. The van der Waals surface area contributed by atoms with Gasteiger partial charge in [0.25, 0.3) is 0 Å². The molecule has 560 valence electrons. The average Bonchev–Trinajstić information content (AvgIpc) is 3.85. The van der Waals surface area contributed by atoms with Crippen molar-refractivity contribution < 1.29 is 0 Å². The molecule has 0 amide bonds. The lowest BCUT2D eigenvalue weighted by molar-refractivity contribution is 1.01. The maximum absolute atomic E-state index is 4.17. The molecule has 0 atom stereocenters. The van der Waals surface area contributed by atoms with E-state index in [1.165, 1.54) is 27.8 Å². The fourth-order valence-corrected chi connectivity index (χ4v) is 5.70. The van der Waals surface area contributed by atoms with Gasteiger partial charge < -0.3 is 0 Å². The first-order valence-corrected chi connectivity index (χ1v) is 36.1. The molecule has 100 heavy (non-hydrogen) atoms. The van der Waals surface area contributed by atoms with Gasteiger partial charge in [-0.1, -0.05) is 157 Å². The van der Waals surface area contributed by atoms with E-state index in [1.54, 1.807) is 31.0 Å². The molecule has 0 aliphatic carbocycles. The van der Waals surface area contributed by atoms with Gasteiger partial charge in [0, 0.05) is 121 Å². The van der Waals surface area contributed by atoms with Gasteiger partial charge in [-0.25, -0.2) is 29.9 Å². The second kappa shape index (κ2) is 86.2. The summed E-state index contributed by atoms with van der Waals surface area (Å²) in [7, 11) is 0. The van der Waals surface area contributed by atoms with Crippen molar-refractivity contribution in [1.29, 1.82) is 0 Å². The van der Waals surface area contributed by atoms with Gasteiger partial charge in [0.15, 0.2) is 0 Å².